The summed E-state index contributed by atoms with van der Waals surface area (Å²) in [5.74, 6) is -3.01. The maximum Gasteiger partial charge on any atom is 0.278 e. The van der Waals surface area contributed by atoms with E-state index < -0.39 is 23.4 Å². The summed E-state index contributed by atoms with van der Waals surface area (Å²) in [5.41, 5.74) is 3.87. The molecule has 4 rings (SSSR count). The summed E-state index contributed by atoms with van der Waals surface area (Å²) in [6.45, 7) is 3.98. The number of nitrogens with one attached hydrogen (secondary N) is 1. The highest BCUT2D eigenvalue weighted by atomic mass is 19.2. The van der Waals surface area contributed by atoms with Crippen molar-refractivity contribution in [2.75, 3.05) is 5.32 Å². The van der Waals surface area contributed by atoms with Gasteiger partial charge in [-0.15, -0.1) is 0 Å². The van der Waals surface area contributed by atoms with Crippen LogP contribution in [0.1, 0.15) is 22.3 Å². The Labute approximate surface area is 178 Å². The minimum absolute atomic E-state index is 0.0342. The van der Waals surface area contributed by atoms with E-state index in [0.717, 1.165) is 33.7 Å². The van der Waals surface area contributed by atoms with Gasteiger partial charge in [0.2, 0.25) is 0 Å². The van der Waals surface area contributed by atoms with Crippen molar-refractivity contribution >= 4 is 23.1 Å². The molecule has 0 bridgehead atoms. The van der Waals surface area contributed by atoms with Crippen LogP contribution in [0.15, 0.2) is 72.4 Å². The fourth-order valence-electron chi connectivity index (χ4n) is 3.42. The molecule has 0 unspecified atom stereocenters. The van der Waals surface area contributed by atoms with Gasteiger partial charge in [-0.1, -0.05) is 59.7 Å². The monoisotopic (exact) mass is 418 g/mol. The molecule has 0 spiro atoms. The van der Waals surface area contributed by atoms with E-state index in [1.165, 1.54) is 6.07 Å². The number of carbonyl (C=O) groups is 2. The van der Waals surface area contributed by atoms with E-state index in [4.69, 9.17) is 0 Å². The Kier molecular flexibility index (Phi) is 5.38. The van der Waals surface area contributed by atoms with Crippen LogP contribution in [-0.4, -0.2) is 16.7 Å². The van der Waals surface area contributed by atoms with Gasteiger partial charge in [0.25, 0.3) is 11.8 Å². The summed E-state index contributed by atoms with van der Waals surface area (Å²) in [5, 5.41) is 2.84. The molecule has 3 aromatic carbocycles. The van der Waals surface area contributed by atoms with Crippen molar-refractivity contribution in [3.63, 3.8) is 0 Å². The Balaban J connectivity index is 1.74. The van der Waals surface area contributed by atoms with Crippen LogP contribution in [0.4, 0.5) is 14.5 Å². The van der Waals surface area contributed by atoms with Crippen molar-refractivity contribution < 1.29 is 18.4 Å². The number of benzene rings is 3. The predicted octanol–water partition coefficient (Wildman–Crippen LogP) is 4.97. The maximum absolute atomic E-state index is 13.7. The fraction of sp³-hybridized carbons (Fsp3) is 0.120. The molecule has 1 aliphatic heterocycles. The first kappa shape index (κ1) is 20.5. The number of carbonyl (C=O) groups excluding carboxylic acids is 2. The first-order valence-corrected chi connectivity index (χ1v) is 9.78. The number of amides is 2. The molecule has 1 aliphatic rings. The Bertz CT molecular complexity index is 1200. The van der Waals surface area contributed by atoms with Gasteiger partial charge >= 0.3 is 0 Å². The van der Waals surface area contributed by atoms with Crippen molar-refractivity contribution in [3.05, 3.63) is 106 Å². The lowest BCUT2D eigenvalue weighted by atomic mass is 10.0. The Morgan fingerprint density at radius 3 is 2.00 bits per heavy atom. The standard InChI is InChI=1S/C25H20F2N2O2/c1-15-3-7-17(8-4-15)14-29-24(30)22(18-9-5-16(2)6-10-18)23(25(29)31)28-19-11-12-20(26)21(27)13-19/h3-13,28H,14H2,1-2H3. The molecule has 31 heavy (non-hydrogen) atoms. The Hall–Kier alpha value is -3.80. The molecule has 156 valence electrons. The smallest absolute Gasteiger partial charge is 0.278 e. The van der Waals surface area contributed by atoms with Crippen LogP contribution < -0.4 is 5.32 Å². The van der Waals surface area contributed by atoms with Gasteiger partial charge in [-0.25, -0.2) is 8.78 Å². The Morgan fingerprint density at radius 1 is 0.774 bits per heavy atom. The number of rotatable bonds is 5. The SMILES string of the molecule is Cc1ccc(CN2C(=O)C(Nc3ccc(F)c(F)c3)=C(c3ccc(C)cc3)C2=O)cc1. The minimum atomic E-state index is -1.05. The molecular weight excluding hydrogens is 398 g/mol. The molecule has 6 heteroatoms. The van der Waals surface area contributed by atoms with Gasteiger partial charge in [0.1, 0.15) is 5.70 Å². The van der Waals surface area contributed by atoms with Crippen LogP contribution in [0, 0.1) is 25.5 Å². The van der Waals surface area contributed by atoms with E-state index in [1.54, 1.807) is 12.1 Å². The minimum Gasteiger partial charge on any atom is -0.350 e. The van der Waals surface area contributed by atoms with Gasteiger partial charge in [-0.2, -0.15) is 0 Å². The molecular formula is C25H20F2N2O2. The first-order chi connectivity index (χ1) is 14.8. The average Bonchev–Trinajstić information content (AvgIpc) is 2.97. The molecule has 0 atom stereocenters. The van der Waals surface area contributed by atoms with E-state index in [1.807, 2.05) is 50.2 Å². The topological polar surface area (TPSA) is 49.4 Å². The molecule has 1 heterocycles. The number of imide groups is 1. The molecule has 0 fully saturated rings. The van der Waals surface area contributed by atoms with Gasteiger partial charge in [-0.05, 0) is 37.1 Å². The fourth-order valence-corrected chi connectivity index (χ4v) is 3.42. The van der Waals surface area contributed by atoms with Crippen LogP contribution in [-0.2, 0) is 16.1 Å². The first-order valence-electron chi connectivity index (χ1n) is 9.78. The van der Waals surface area contributed by atoms with E-state index >= 15 is 0 Å². The summed E-state index contributed by atoms with van der Waals surface area (Å²) in [6.07, 6.45) is 0. The van der Waals surface area contributed by atoms with Crippen molar-refractivity contribution in [1.29, 1.82) is 0 Å². The summed E-state index contributed by atoms with van der Waals surface area (Å²) in [7, 11) is 0. The van der Waals surface area contributed by atoms with Gasteiger partial charge in [0, 0.05) is 11.8 Å². The maximum atomic E-state index is 13.7. The lowest BCUT2D eigenvalue weighted by molar-refractivity contribution is -0.137. The third-order valence-corrected chi connectivity index (χ3v) is 5.16. The quantitative estimate of drug-likeness (QED) is 0.595. The zero-order valence-electron chi connectivity index (χ0n) is 17.1. The zero-order valence-corrected chi connectivity index (χ0v) is 17.1. The second-order valence-electron chi connectivity index (χ2n) is 7.55. The van der Waals surface area contributed by atoms with Crippen LogP contribution in [0.25, 0.3) is 5.57 Å². The lowest BCUT2D eigenvalue weighted by Gasteiger charge is -2.15. The van der Waals surface area contributed by atoms with Crippen molar-refractivity contribution in [2.24, 2.45) is 0 Å². The molecule has 0 saturated heterocycles. The van der Waals surface area contributed by atoms with Gasteiger partial charge < -0.3 is 5.32 Å². The molecule has 0 aromatic heterocycles. The summed E-state index contributed by atoms with van der Waals surface area (Å²) in [6, 6.07) is 18.0. The second-order valence-corrected chi connectivity index (χ2v) is 7.55. The summed E-state index contributed by atoms with van der Waals surface area (Å²) < 4.78 is 27.0. The number of anilines is 1. The van der Waals surface area contributed by atoms with Crippen LogP contribution in [0.2, 0.25) is 0 Å². The largest absolute Gasteiger partial charge is 0.350 e. The van der Waals surface area contributed by atoms with E-state index in [0.29, 0.717) is 5.56 Å². The van der Waals surface area contributed by atoms with Crippen molar-refractivity contribution in [2.45, 2.75) is 20.4 Å². The molecule has 2 amide bonds. The number of nitrogens with zero attached hydrogens (tertiary/aromatic N) is 1. The molecule has 0 saturated carbocycles. The third-order valence-electron chi connectivity index (χ3n) is 5.16. The van der Waals surface area contributed by atoms with Crippen LogP contribution in [0.3, 0.4) is 0 Å². The summed E-state index contributed by atoms with van der Waals surface area (Å²) in [4.78, 5) is 27.6. The molecule has 0 radical (unpaired) electrons. The van der Waals surface area contributed by atoms with Gasteiger partial charge in [-0.3, -0.25) is 14.5 Å². The van der Waals surface area contributed by atoms with Gasteiger partial charge in [0.15, 0.2) is 11.6 Å². The predicted molar refractivity (Wildman–Crippen MR) is 115 cm³/mol. The normalized spacial score (nSPS) is 13.9. The molecule has 0 aliphatic carbocycles. The summed E-state index contributed by atoms with van der Waals surface area (Å²) >= 11 is 0. The van der Waals surface area contributed by atoms with Crippen molar-refractivity contribution in [3.8, 4) is 0 Å². The number of halogens is 2. The highest BCUT2D eigenvalue weighted by Crippen LogP contribution is 2.32. The van der Waals surface area contributed by atoms with E-state index in [-0.39, 0.29) is 23.5 Å². The van der Waals surface area contributed by atoms with E-state index in [2.05, 4.69) is 5.32 Å². The van der Waals surface area contributed by atoms with Crippen LogP contribution in [0.5, 0.6) is 0 Å². The number of hydrogen-bond donors (Lipinski definition) is 1. The molecule has 1 N–H and O–H groups in total. The second kappa shape index (κ2) is 8.14. The molecule has 4 nitrogen and oxygen atoms in total. The van der Waals surface area contributed by atoms with Gasteiger partial charge in [0.05, 0.1) is 12.1 Å². The third kappa shape index (κ3) is 4.10. The number of aryl methyl sites for hydroxylation is 2. The average molecular weight is 418 g/mol. The highest BCUT2D eigenvalue weighted by Gasteiger charge is 2.39. The van der Waals surface area contributed by atoms with E-state index in [9.17, 15) is 18.4 Å². The lowest BCUT2D eigenvalue weighted by Crippen LogP contribution is -2.32. The number of hydrogen-bond acceptors (Lipinski definition) is 3. The van der Waals surface area contributed by atoms with Crippen LogP contribution >= 0.6 is 0 Å². The zero-order chi connectivity index (χ0) is 22.1. The molecule has 3 aromatic rings. The highest BCUT2D eigenvalue weighted by molar-refractivity contribution is 6.36. The van der Waals surface area contributed by atoms with Crippen molar-refractivity contribution in [1.82, 2.24) is 4.90 Å². The Morgan fingerprint density at radius 2 is 1.39 bits per heavy atom.